The van der Waals surface area contributed by atoms with E-state index in [0.29, 0.717) is 32.8 Å². The minimum absolute atomic E-state index is 0.0133. The molecule has 0 heterocycles. The topological polar surface area (TPSA) is 112 Å². The summed E-state index contributed by atoms with van der Waals surface area (Å²) in [5.41, 5.74) is 1.93. The van der Waals surface area contributed by atoms with Crippen LogP contribution in [0.1, 0.15) is 11.1 Å². The first-order valence-corrected chi connectivity index (χ1v) is 10.5. The van der Waals surface area contributed by atoms with Gasteiger partial charge in [-0.3, -0.25) is 14.9 Å². The van der Waals surface area contributed by atoms with Crippen LogP contribution in [0.3, 0.4) is 0 Å². The number of halogens is 1. The highest BCUT2D eigenvalue weighted by atomic mass is 79.9. The highest BCUT2D eigenvalue weighted by Crippen LogP contribution is 2.33. The molecule has 170 valence electrons. The quantitative estimate of drug-likeness (QED) is 0.233. The van der Waals surface area contributed by atoms with Crippen LogP contribution in [0.5, 0.6) is 11.5 Å². The number of carbonyl (C=O) groups excluding carboxylic acids is 1. The number of nitro benzene ring substituents is 1. The lowest BCUT2D eigenvalue weighted by Gasteiger charge is -2.12. The number of anilines is 1. The second kappa shape index (κ2) is 11.6. The Morgan fingerprint density at radius 3 is 2.64 bits per heavy atom. The molecule has 0 bridgehead atoms. The summed E-state index contributed by atoms with van der Waals surface area (Å²) < 4.78 is 11.6. The number of hydrogen-bond donors (Lipinski definition) is 1. The Balaban J connectivity index is 1.59. The highest BCUT2D eigenvalue weighted by Gasteiger charge is 2.12. The van der Waals surface area contributed by atoms with Gasteiger partial charge < -0.3 is 19.6 Å². The van der Waals surface area contributed by atoms with E-state index in [0.717, 1.165) is 0 Å². The van der Waals surface area contributed by atoms with Crippen LogP contribution < -0.4 is 14.8 Å². The van der Waals surface area contributed by atoms with E-state index in [-0.39, 0.29) is 24.8 Å². The van der Waals surface area contributed by atoms with Gasteiger partial charge in [0, 0.05) is 27.9 Å². The maximum atomic E-state index is 12.1. The van der Waals surface area contributed by atoms with Crippen molar-refractivity contribution in [3.8, 4) is 11.5 Å². The lowest BCUT2D eigenvalue weighted by Crippen LogP contribution is -2.20. The molecule has 3 aromatic carbocycles. The molecule has 1 amide bonds. The Bertz CT molecular complexity index is 1150. The van der Waals surface area contributed by atoms with Gasteiger partial charge >= 0.3 is 0 Å². The van der Waals surface area contributed by atoms with Crippen LogP contribution in [-0.4, -0.2) is 30.8 Å². The van der Waals surface area contributed by atoms with Gasteiger partial charge in [0.15, 0.2) is 18.1 Å². The average Bonchev–Trinajstić information content (AvgIpc) is 2.82. The molecule has 0 fully saturated rings. The summed E-state index contributed by atoms with van der Waals surface area (Å²) in [5.74, 6) is 0.479. The number of methoxy groups -OCH3 is 1. The van der Waals surface area contributed by atoms with Gasteiger partial charge in [0.05, 0.1) is 18.2 Å². The normalized spacial score (nSPS) is 10.6. The number of nitrogens with one attached hydrogen (secondary N) is 1. The molecule has 0 spiro atoms. The lowest BCUT2D eigenvalue weighted by atomic mass is 10.2. The second-order valence-electron chi connectivity index (χ2n) is 6.66. The van der Waals surface area contributed by atoms with E-state index in [1.165, 1.54) is 25.5 Å². The fourth-order valence-corrected chi connectivity index (χ4v) is 3.17. The van der Waals surface area contributed by atoms with Gasteiger partial charge in [-0.15, -0.1) is 0 Å². The maximum Gasteiger partial charge on any atom is 0.269 e. The van der Waals surface area contributed by atoms with Crippen molar-refractivity contribution in [1.29, 1.82) is 0 Å². The first-order valence-electron chi connectivity index (χ1n) is 9.70. The number of ether oxygens (including phenoxy) is 2. The number of nitrogens with zero attached hydrogens (tertiary/aromatic N) is 2. The molecular weight excluding hydrogens is 494 g/mol. The smallest absolute Gasteiger partial charge is 0.269 e. The molecule has 3 aromatic rings. The number of rotatable bonds is 10. The van der Waals surface area contributed by atoms with Crippen molar-refractivity contribution in [3.63, 3.8) is 0 Å². The van der Waals surface area contributed by atoms with Crippen molar-refractivity contribution in [3.05, 3.63) is 92.4 Å². The number of para-hydroxylation sites is 1. The molecule has 0 radical (unpaired) electrons. The molecule has 0 atom stereocenters. The molecule has 0 saturated carbocycles. The van der Waals surface area contributed by atoms with Gasteiger partial charge in [0.25, 0.3) is 11.6 Å². The number of carbonyl (C=O) groups is 1. The Morgan fingerprint density at radius 2 is 1.91 bits per heavy atom. The minimum atomic E-state index is -0.467. The molecule has 9 nitrogen and oxygen atoms in total. The van der Waals surface area contributed by atoms with E-state index in [4.69, 9.17) is 14.3 Å². The van der Waals surface area contributed by atoms with Crippen molar-refractivity contribution in [2.24, 2.45) is 5.16 Å². The predicted octanol–water partition coefficient (Wildman–Crippen LogP) is 4.93. The van der Waals surface area contributed by atoms with Crippen LogP contribution in [0.2, 0.25) is 0 Å². The molecule has 0 aliphatic rings. The van der Waals surface area contributed by atoms with E-state index in [1.54, 1.807) is 36.4 Å². The van der Waals surface area contributed by atoms with Crippen molar-refractivity contribution >= 4 is 39.4 Å². The van der Waals surface area contributed by atoms with Crippen LogP contribution in [0.25, 0.3) is 0 Å². The standard InChI is InChI=1S/C23H20BrN3O6/c1-31-21-11-17(13-25-33-14-16-6-5-9-19(10-16)27(29)30)20(24)12-22(21)32-15-23(28)26-18-7-3-2-4-8-18/h2-13H,14-15H2,1H3,(H,26,28)/b25-13-. The summed E-state index contributed by atoms with van der Waals surface area (Å²) in [7, 11) is 1.49. The summed E-state index contributed by atoms with van der Waals surface area (Å²) in [5, 5.41) is 17.5. The highest BCUT2D eigenvalue weighted by molar-refractivity contribution is 9.10. The van der Waals surface area contributed by atoms with Crippen molar-refractivity contribution in [1.82, 2.24) is 0 Å². The fourth-order valence-electron chi connectivity index (χ4n) is 2.75. The zero-order chi connectivity index (χ0) is 23.6. The van der Waals surface area contributed by atoms with Crippen LogP contribution in [0.15, 0.2) is 76.4 Å². The molecule has 33 heavy (non-hydrogen) atoms. The summed E-state index contributed by atoms with van der Waals surface area (Å²) in [6, 6.07) is 18.5. The number of non-ortho nitro benzene ring substituents is 1. The largest absolute Gasteiger partial charge is 0.493 e. The summed E-state index contributed by atoms with van der Waals surface area (Å²) in [6.07, 6.45) is 1.47. The van der Waals surface area contributed by atoms with Gasteiger partial charge in [-0.25, -0.2) is 0 Å². The van der Waals surface area contributed by atoms with Crippen LogP contribution >= 0.6 is 15.9 Å². The first-order chi connectivity index (χ1) is 16.0. The van der Waals surface area contributed by atoms with Gasteiger partial charge in [0.2, 0.25) is 0 Å². The maximum absolute atomic E-state index is 12.1. The predicted molar refractivity (Wildman–Crippen MR) is 127 cm³/mol. The molecule has 0 aromatic heterocycles. The number of nitro groups is 1. The zero-order valence-electron chi connectivity index (χ0n) is 17.6. The number of oxime groups is 1. The Hall–Kier alpha value is -3.92. The summed E-state index contributed by atoms with van der Waals surface area (Å²) in [4.78, 5) is 27.8. The second-order valence-corrected chi connectivity index (χ2v) is 7.52. The third-order valence-electron chi connectivity index (χ3n) is 4.32. The van der Waals surface area contributed by atoms with E-state index in [2.05, 4.69) is 26.4 Å². The van der Waals surface area contributed by atoms with Crippen LogP contribution in [0.4, 0.5) is 11.4 Å². The van der Waals surface area contributed by atoms with Crippen molar-refractivity contribution < 1.29 is 24.0 Å². The number of benzene rings is 3. The minimum Gasteiger partial charge on any atom is -0.493 e. The third kappa shape index (κ3) is 7.04. The van der Waals surface area contributed by atoms with E-state index >= 15 is 0 Å². The Morgan fingerprint density at radius 1 is 1.12 bits per heavy atom. The molecule has 3 rings (SSSR count). The molecule has 0 unspecified atom stereocenters. The lowest BCUT2D eigenvalue weighted by molar-refractivity contribution is -0.384. The molecule has 0 aliphatic heterocycles. The van der Waals surface area contributed by atoms with Gasteiger partial charge in [0.1, 0.15) is 6.61 Å². The molecular formula is C23H20BrN3O6. The average molecular weight is 514 g/mol. The summed E-state index contributed by atoms with van der Waals surface area (Å²) in [6.45, 7) is -0.123. The van der Waals surface area contributed by atoms with Gasteiger partial charge in [-0.05, 0) is 45.8 Å². The number of hydrogen-bond acceptors (Lipinski definition) is 7. The third-order valence-corrected chi connectivity index (χ3v) is 5.00. The monoisotopic (exact) mass is 513 g/mol. The van der Waals surface area contributed by atoms with Crippen molar-refractivity contribution in [2.45, 2.75) is 6.61 Å². The fraction of sp³-hybridized carbons (Fsp3) is 0.130. The van der Waals surface area contributed by atoms with E-state index < -0.39 is 4.92 Å². The molecule has 1 N–H and O–H groups in total. The first kappa shape index (κ1) is 23.7. The SMILES string of the molecule is COc1cc(/C=N\OCc2cccc([N+](=O)[O-])c2)c(Br)cc1OCC(=O)Nc1ccccc1. The summed E-state index contributed by atoms with van der Waals surface area (Å²) >= 11 is 3.44. The van der Waals surface area contributed by atoms with Crippen molar-refractivity contribution in [2.75, 3.05) is 19.0 Å². The van der Waals surface area contributed by atoms with Crippen LogP contribution in [0, 0.1) is 10.1 Å². The van der Waals surface area contributed by atoms with Gasteiger partial charge in [-0.1, -0.05) is 35.5 Å². The van der Waals surface area contributed by atoms with Gasteiger partial charge in [-0.2, -0.15) is 0 Å². The Kier molecular flexibility index (Phi) is 8.36. The molecule has 0 aliphatic carbocycles. The number of amides is 1. The Labute approximate surface area is 198 Å². The van der Waals surface area contributed by atoms with E-state index in [1.807, 2.05) is 18.2 Å². The van der Waals surface area contributed by atoms with E-state index in [9.17, 15) is 14.9 Å². The zero-order valence-corrected chi connectivity index (χ0v) is 19.2. The van der Waals surface area contributed by atoms with Crippen LogP contribution in [-0.2, 0) is 16.2 Å². The molecule has 0 saturated heterocycles. The molecule has 10 heteroatoms.